The Labute approximate surface area is 149 Å². The van der Waals surface area contributed by atoms with Crippen LogP contribution >= 0.6 is 0 Å². The molecule has 25 heavy (non-hydrogen) atoms. The maximum absolute atomic E-state index is 2.41. The molecule has 4 aromatic rings. The van der Waals surface area contributed by atoms with Crippen LogP contribution in [0.4, 0.5) is 0 Å². The van der Waals surface area contributed by atoms with Crippen LogP contribution in [0.1, 0.15) is 49.5 Å². The number of nitrogens with zero attached hydrogens (tertiary/aromatic N) is 2. The summed E-state index contributed by atoms with van der Waals surface area (Å²) in [4.78, 5) is 0. The van der Waals surface area contributed by atoms with Gasteiger partial charge in [0, 0.05) is 40.4 Å². The van der Waals surface area contributed by atoms with E-state index >= 15 is 0 Å². The van der Waals surface area contributed by atoms with E-state index in [2.05, 4.69) is 98.6 Å². The summed E-state index contributed by atoms with van der Waals surface area (Å²) in [6.07, 6.45) is 4.57. The highest BCUT2D eigenvalue weighted by atomic mass is 15.0. The molecule has 2 heteroatoms. The Bertz CT molecular complexity index is 1060. The zero-order valence-corrected chi connectivity index (χ0v) is 15.7. The van der Waals surface area contributed by atoms with Crippen molar-refractivity contribution < 1.29 is 0 Å². The summed E-state index contributed by atoms with van der Waals surface area (Å²) in [7, 11) is 0. The van der Waals surface area contributed by atoms with E-state index < -0.39 is 0 Å². The number of benzene rings is 2. The lowest BCUT2D eigenvalue weighted by molar-refractivity contribution is 0.610. The van der Waals surface area contributed by atoms with Gasteiger partial charge in [-0.3, -0.25) is 0 Å². The van der Waals surface area contributed by atoms with Crippen molar-refractivity contribution in [1.29, 1.82) is 0 Å². The molecule has 2 nitrogen and oxygen atoms in total. The summed E-state index contributed by atoms with van der Waals surface area (Å²) < 4.78 is 4.81. The van der Waals surface area contributed by atoms with Crippen LogP contribution in [0.15, 0.2) is 54.9 Å². The molecule has 2 aromatic heterocycles. The predicted molar refractivity (Wildman–Crippen MR) is 108 cm³/mol. The van der Waals surface area contributed by atoms with E-state index in [1.807, 2.05) is 0 Å². The normalized spacial score (nSPS) is 13.2. The fraction of sp³-hybridized carbons (Fsp3) is 0.304. The second kappa shape index (κ2) is 5.80. The third-order valence-corrected chi connectivity index (χ3v) is 5.32. The van der Waals surface area contributed by atoms with Crippen molar-refractivity contribution in [3.63, 3.8) is 0 Å². The van der Waals surface area contributed by atoms with Crippen LogP contribution in [0.5, 0.6) is 0 Å². The lowest BCUT2D eigenvalue weighted by atomic mass is 10.0. The van der Waals surface area contributed by atoms with Gasteiger partial charge >= 0.3 is 0 Å². The second-order valence-electron chi connectivity index (χ2n) is 7.57. The Kier molecular flexibility index (Phi) is 3.72. The Morgan fingerprint density at radius 1 is 0.760 bits per heavy atom. The van der Waals surface area contributed by atoms with E-state index in [1.54, 1.807) is 0 Å². The average molecular weight is 330 g/mol. The van der Waals surface area contributed by atoms with Gasteiger partial charge in [-0.1, -0.05) is 23.8 Å². The number of hydrogen-bond donors (Lipinski definition) is 0. The van der Waals surface area contributed by atoms with E-state index in [9.17, 15) is 0 Å². The van der Waals surface area contributed by atoms with Crippen LogP contribution < -0.4 is 0 Å². The molecule has 0 bridgehead atoms. The molecule has 0 fully saturated rings. The lowest BCUT2D eigenvalue weighted by Crippen LogP contribution is -2.05. The van der Waals surface area contributed by atoms with Crippen LogP contribution in [0.25, 0.3) is 21.8 Å². The van der Waals surface area contributed by atoms with Crippen LogP contribution in [-0.2, 0) is 0 Å². The van der Waals surface area contributed by atoms with Crippen LogP contribution in [0, 0.1) is 13.8 Å². The zero-order valence-electron chi connectivity index (χ0n) is 15.7. The number of aryl methyl sites for hydroxylation is 2. The monoisotopic (exact) mass is 330 g/mol. The topological polar surface area (TPSA) is 9.86 Å². The van der Waals surface area contributed by atoms with Gasteiger partial charge in [0.05, 0.1) is 6.04 Å². The Morgan fingerprint density at radius 2 is 1.48 bits per heavy atom. The van der Waals surface area contributed by atoms with Gasteiger partial charge in [-0.05, 0) is 69.8 Å². The Hall–Kier alpha value is -2.48. The first-order chi connectivity index (χ1) is 12.0. The molecule has 128 valence electrons. The summed E-state index contributed by atoms with van der Waals surface area (Å²) in [5, 5.41) is 2.68. The van der Waals surface area contributed by atoms with E-state index in [0.717, 1.165) is 0 Å². The van der Waals surface area contributed by atoms with Crippen LogP contribution in [0.2, 0.25) is 0 Å². The van der Waals surface area contributed by atoms with Gasteiger partial charge in [-0.15, -0.1) is 0 Å². The van der Waals surface area contributed by atoms with Crippen molar-refractivity contribution in [2.24, 2.45) is 0 Å². The molecule has 0 radical (unpaired) electrons. The highest BCUT2D eigenvalue weighted by Crippen LogP contribution is 2.33. The number of hydrogen-bond acceptors (Lipinski definition) is 0. The maximum Gasteiger partial charge on any atom is 0.0578 e. The SMILES string of the molecule is Cc1ccc2c(c1)c(C(C)n1ccc3ccc(C)cc31)cn2C(C)C. The van der Waals surface area contributed by atoms with Crippen molar-refractivity contribution >= 4 is 21.8 Å². The smallest absolute Gasteiger partial charge is 0.0578 e. The first kappa shape index (κ1) is 16.0. The highest BCUT2D eigenvalue weighted by molar-refractivity contribution is 5.86. The summed E-state index contributed by atoms with van der Waals surface area (Å²) >= 11 is 0. The molecular weight excluding hydrogens is 304 g/mol. The quantitative estimate of drug-likeness (QED) is 0.411. The molecule has 0 aliphatic carbocycles. The summed E-state index contributed by atoms with van der Waals surface area (Å²) in [5.74, 6) is 0. The third kappa shape index (κ3) is 2.57. The van der Waals surface area contributed by atoms with Gasteiger partial charge in [0.15, 0.2) is 0 Å². The van der Waals surface area contributed by atoms with Crippen LogP contribution in [-0.4, -0.2) is 9.13 Å². The van der Waals surface area contributed by atoms with Crippen molar-refractivity contribution in [1.82, 2.24) is 9.13 Å². The van der Waals surface area contributed by atoms with Gasteiger partial charge in [0.1, 0.15) is 0 Å². The molecule has 0 N–H and O–H groups in total. The van der Waals surface area contributed by atoms with Gasteiger partial charge < -0.3 is 9.13 Å². The van der Waals surface area contributed by atoms with Gasteiger partial charge in [0.25, 0.3) is 0 Å². The standard InChI is InChI=1S/C23H26N2/c1-15(2)25-14-21(20-12-16(3)7-9-22(20)25)18(5)24-11-10-19-8-6-17(4)13-23(19)24/h6-15,18H,1-5H3. The fourth-order valence-electron chi connectivity index (χ4n) is 3.90. The molecule has 1 unspecified atom stereocenters. The van der Waals surface area contributed by atoms with E-state index in [-0.39, 0.29) is 0 Å². The van der Waals surface area contributed by atoms with Crippen molar-refractivity contribution in [2.45, 2.75) is 46.7 Å². The minimum atomic E-state index is 0.295. The number of rotatable bonds is 3. The summed E-state index contributed by atoms with van der Waals surface area (Å²) in [6.45, 7) is 11.2. The fourth-order valence-corrected chi connectivity index (χ4v) is 3.90. The Balaban J connectivity index is 1.93. The summed E-state index contributed by atoms with van der Waals surface area (Å²) in [6, 6.07) is 16.5. The first-order valence-electron chi connectivity index (χ1n) is 9.14. The first-order valence-corrected chi connectivity index (χ1v) is 9.14. The minimum absolute atomic E-state index is 0.295. The molecule has 0 saturated heterocycles. The molecule has 0 saturated carbocycles. The number of fused-ring (bicyclic) bond motifs is 2. The average Bonchev–Trinajstić information content (AvgIpc) is 3.15. The molecule has 0 amide bonds. The van der Waals surface area contributed by atoms with Crippen LogP contribution in [0.3, 0.4) is 0 Å². The van der Waals surface area contributed by atoms with E-state index in [4.69, 9.17) is 0 Å². The minimum Gasteiger partial charge on any atom is -0.345 e. The molecule has 2 heterocycles. The third-order valence-electron chi connectivity index (χ3n) is 5.32. The molecule has 4 rings (SSSR count). The highest BCUT2D eigenvalue weighted by Gasteiger charge is 2.18. The molecule has 0 aliphatic rings. The zero-order chi connectivity index (χ0) is 17.7. The molecule has 0 spiro atoms. The second-order valence-corrected chi connectivity index (χ2v) is 7.57. The van der Waals surface area contributed by atoms with Gasteiger partial charge in [0.2, 0.25) is 0 Å². The van der Waals surface area contributed by atoms with E-state index in [1.165, 1.54) is 38.5 Å². The molecule has 1 atom stereocenters. The molecule has 0 aliphatic heterocycles. The van der Waals surface area contributed by atoms with Gasteiger partial charge in [-0.25, -0.2) is 0 Å². The molecular formula is C23H26N2. The Morgan fingerprint density at radius 3 is 2.24 bits per heavy atom. The lowest BCUT2D eigenvalue weighted by Gasteiger charge is -2.15. The van der Waals surface area contributed by atoms with Crippen molar-refractivity contribution in [3.05, 3.63) is 71.5 Å². The maximum atomic E-state index is 2.41. The predicted octanol–water partition coefficient (Wildman–Crippen LogP) is 6.40. The molecule has 2 aromatic carbocycles. The van der Waals surface area contributed by atoms with E-state index in [0.29, 0.717) is 12.1 Å². The largest absolute Gasteiger partial charge is 0.345 e. The number of aromatic nitrogens is 2. The van der Waals surface area contributed by atoms with Gasteiger partial charge in [-0.2, -0.15) is 0 Å². The summed E-state index contributed by atoms with van der Waals surface area (Å²) in [5.41, 5.74) is 6.66. The van der Waals surface area contributed by atoms with Crippen molar-refractivity contribution in [3.8, 4) is 0 Å². The van der Waals surface area contributed by atoms with Crippen molar-refractivity contribution in [2.75, 3.05) is 0 Å².